The first-order valence-electron chi connectivity index (χ1n) is 7.39. The Kier molecular flexibility index (Phi) is 4.59. The van der Waals surface area contributed by atoms with Gasteiger partial charge in [0.2, 0.25) is 5.91 Å². The van der Waals surface area contributed by atoms with Crippen LogP contribution in [0.5, 0.6) is 0 Å². The van der Waals surface area contributed by atoms with Crippen LogP contribution in [0.2, 0.25) is 0 Å². The molecule has 0 aliphatic rings. The van der Waals surface area contributed by atoms with Crippen LogP contribution in [0.15, 0.2) is 41.9 Å². The van der Waals surface area contributed by atoms with Gasteiger partial charge in [0.25, 0.3) is 0 Å². The zero-order valence-electron chi connectivity index (χ0n) is 13.1. The molecule has 4 N–H and O–H groups in total. The number of aliphatic hydroxyl groups excluding tert-OH is 1. The first kappa shape index (κ1) is 16.2. The molecule has 2 heterocycles. The Labute approximate surface area is 143 Å². The summed E-state index contributed by atoms with van der Waals surface area (Å²) in [5.41, 5.74) is 9.82. The molecule has 0 saturated heterocycles. The molecule has 24 heavy (non-hydrogen) atoms. The van der Waals surface area contributed by atoms with E-state index in [1.807, 2.05) is 29.6 Å². The lowest BCUT2D eigenvalue weighted by molar-refractivity contribution is -0.115. The average molecular weight is 339 g/mol. The highest BCUT2D eigenvalue weighted by atomic mass is 32.1. The van der Waals surface area contributed by atoms with Gasteiger partial charge >= 0.3 is 0 Å². The number of hydrogen-bond donors (Lipinski definition) is 3. The number of nitrogens with one attached hydrogen (secondary N) is 1. The van der Waals surface area contributed by atoms with E-state index < -0.39 is 0 Å². The second-order valence-electron chi connectivity index (χ2n) is 5.25. The summed E-state index contributed by atoms with van der Waals surface area (Å²) in [6, 6.07) is 7.69. The largest absolute Gasteiger partial charge is 0.392 e. The predicted octanol–water partition coefficient (Wildman–Crippen LogP) is 2.80. The number of nitrogens with zero attached hydrogens (tertiary/aromatic N) is 1. The first-order valence-corrected chi connectivity index (χ1v) is 8.27. The highest BCUT2D eigenvalue weighted by Gasteiger charge is 2.13. The number of anilines is 1. The van der Waals surface area contributed by atoms with E-state index in [-0.39, 0.29) is 12.5 Å². The lowest BCUT2D eigenvalue weighted by Gasteiger charge is -2.05. The van der Waals surface area contributed by atoms with Crippen molar-refractivity contribution >= 4 is 39.2 Å². The number of likely N-dealkylation sites (N-methyl/N-ethyl adjacent to an activating group) is 1. The summed E-state index contributed by atoms with van der Waals surface area (Å²) in [6.45, 7) is 0.0167. The number of fused-ring (bicyclic) bond motifs is 1. The smallest absolute Gasteiger partial charge is 0.243 e. The number of hydrogen-bond acceptors (Lipinski definition) is 5. The van der Waals surface area contributed by atoms with Crippen LogP contribution >= 0.6 is 11.3 Å². The number of amides is 1. The predicted molar refractivity (Wildman–Crippen MR) is 98.5 cm³/mol. The van der Waals surface area contributed by atoms with Crippen LogP contribution in [0, 0.1) is 0 Å². The van der Waals surface area contributed by atoms with Crippen molar-refractivity contribution in [3.8, 4) is 11.1 Å². The van der Waals surface area contributed by atoms with E-state index in [2.05, 4.69) is 10.3 Å². The van der Waals surface area contributed by atoms with Crippen molar-refractivity contribution in [3.63, 3.8) is 0 Å². The number of nitrogens with two attached hydrogens (primary N) is 1. The Hall–Kier alpha value is -2.70. The SMILES string of the molecule is CNC(=O)C=Cc1cnc(N)c2c(-c3ccc(CO)cc3)csc12. The first-order chi connectivity index (χ1) is 11.6. The topological polar surface area (TPSA) is 88.2 Å². The van der Waals surface area contributed by atoms with Gasteiger partial charge in [-0.2, -0.15) is 0 Å². The zero-order valence-corrected chi connectivity index (χ0v) is 13.9. The number of thiophene rings is 1. The van der Waals surface area contributed by atoms with Gasteiger partial charge in [-0.25, -0.2) is 4.98 Å². The summed E-state index contributed by atoms with van der Waals surface area (Å²) in [5, 5.41) is 14.6. The maximum absolute atomic E-state index is 11.4. The molecule has 0 unspecified atom stereocenters. The summed E-state index contributed by atoms with van der Waals surface area (Å²) in [4.78, 5) is 15.7. The van der Waals surface area contributed by atoms with Gasteiger partial charge in [0, 0.05) is 40.5 Å². The van der Waals surface area contributed by atoms with Crippen molar-refractivity contribution in [2.45, 2.75) is 6.61 Å². The van der Waals surface area contributed by atoms with Gasteiger partial charge in [-0.05, 0) is 22.6 Å². The van der Waals surface area contributed by atoms with E-state index in [0.29, 0.717) is 5.82 Å². The molecule has 1 amide bonds. The number of aliphatic hydroxyl groups is 1. The molecule has 5 nitrogen and oxygen atoms in total. The Morgan fingerprint density at radius 1 is 1.38 bits per heavy atom. The maximum atomic E-state index is 11.4. The maximum Gasteiger partial charge on any atom is 0.243 e. The molecule has 3 rings (SSSR count). The molecule has 0 fully saturated rings. The minimum absolute atomic E-state index is 0.0167. The van der Waals surface area contributed by atoms with Crippen LogP contribution in [0.1, 0.15) is 11.1 Å². The monoisotopic (exact) mass is 339 g/mol. The lowest BCUT2D eigenvalue weighted by atomic mass is 10.0. The number of carbonyl (C=O) groups excluding carboxylic acids is 1. The number of pyridine rings is 1. The second-order valence-corrected chi connectivity index (χ2v) is 6.13. The van der Waals surface area contributed by atoms with Crippen molar-refractivity contribution < 1.29 is 9.90 Å². The van der Waals surface area contributed by atoms with Gasteiger partial charge in [0.1, 0.15) is 5.82 Å². The minimum Gasteiger partial charge on any atom is -0.392 e. The molecule has 2 aromatic heterocycles. The second kappa shape index (κ2) is 6.82. The number of aromatic nitrogens is 1. The zero-order chi connectivity index (χ0) is 17.1. The molecule has 6 heteroatoms. The van der Waals surface area contributed by atoms with Crippen LogP contribution in [-0.2, 0) is 11.4 Å². The highest BCUT2D eigenvalue weighted by Crippen LogP contribution is 2.38. The van der Waals surface area contributed by atoms with Crippen LogP contribution in [0.25, 0.3) is 27.3 Å². The van der Waals surface area contributed by atoms with Crippen molar-refractivity contribution in [2.75, 3.05) is 12.8 Å². The fourth-order valence-electron chi connectivity index (χ4n) is 2.46. The van der Waals surface area contributed by atoms with E-state index in [4.69, 9.17) is 10.8 Å². The van der Waals surface area contributed by atoms with E-state index in [1.165, 1.54) is 6.08 Å². The minimum atomic E-state index is -0.170. The molecule has 0 bridgehead atoms. The standard InChI is InChI=1S/C18H17N3O2S/c1-20-15(23)7-6-13-8-21-18(19)16-14(10-24-17(13)16)12-4-2-11(9-22)3-5-12/h2-8,10,22H,9H2,1H3,(H2,19,21)(H,20,23). The number of rotatable bonds is 4. The number of carbonyl (C=O) groups is 1. The van der Waals surface area contributed by atoms with Gasteiger partial charge < -0.3 is 16.2 Å². The molecule has 3 aromatic rings. The molecule has 1 aromatic carbocycles. The molecule has 0 saturated carbocycles. The van der Waals surface area contributed by atoms with Gasteiger partial charge in [-0.1, -0.05) is 24.3 Å². The number of benzene rings is 1. The van der Waals surface area contributed by atoms with Crippen LogP contribution in [0.3, 0.4) is 0 Å². The fraction of sp³-hybridized carbons (Fsp3) is 0.111. The molecule has 0 spiro atoms. The molecular weight excluding hydrogens is 322 g/mol. The van der Waals surface area contributed by atoms with Crippen LogP contribution in [-0.4, -0.2) is 23.0 Å². The Bertz CT molecular complexity index is 914. The third-order valence-electron chi connectivity index (χ3n) is 3.76. The summed E-state index contributed by atoms with van der Waals surface area (Å²) in [6.07, 6.45) is 4.89. The van der Waals surface area contributed by atoms with Crippen molar-refractivity contribution in [1.82, 2.24) is 10.3 Å². The third kappa shape index (κ3) is 3.02. The quantitative estimate of drug-likeness (QED) is 0.638. The van der Waals surface area contributed by atoms with Crippen molar-refractivity contribution in [3.05, 3.63) is 53.0 Å². The Morgan fingerprint density at radius 3 is 2.79 bits per heavy atom. The van der Waals surface area contributed by atoms with Crippen LogP contribution < -0.4 is 11.1 Å². The molecular formula is C18H17N3O2S. The van der Waals surface area contributed by atoms with Crippen LogP contribution in [0.4, 0.5) is 5.82 Å². The summed E-state index contributed by atoms with van der Waals surface area (Å²) in [5.74, 6) is 0.293. The Morgan fingerprint density at radius 2 is 2.12 bits per heavy atom. The van der Waals surface area contributed by atoms with Gasteiger partial charge in [-0.3, -0.25) is 4.79 Å². The van der Waals surface area contributed by atoms with E-state index in [1.54, 1.807) is 30.7 Å². The summed E-state index contributed by atoms with van der Waals surface area (Å²) in [7, 11) is 1.59. The summed E-state index contributed by atoms with van der Waals surface area (Å²) >= 11 is 1.57. The van der Waals surface area contributed by atoms with Crippen molar-refractivity contribution in [1.29, 1.82) is 0 Å². The van der Waals surface area contributed by atoms with Gasteiger partial charge in [0.05, 0.1) is 6.61 Å². The highest BCUT2D eigenvalue weighted by molar-refractivity contribution is 7.18. The molecule has 0 atom stereocenters. The Balaban J connectivity index is 2.11. The molecule has 0 radical (unpaired) electrons. The van der Waals surface area contributed by atoms with Crippen molar-refractivity contribution in [2.24, 2.45) is 0 Å². The normalized spacial score (nSPS) is 11.2. The molecule has 0 aliphatic carbocycles. The number of nitrogen functional groups attached to an aromatic ring is 1. The average Bonchev–Trinajstić information content (AvgIpc) is 3.07. The van der Waals surface area contributed by atoms with E-state index >= 15 is 0 Å². The summed E-state index contributed by atoms with van der Waals surface area (Å²) < 4.78 is 0.990. The molecule has 122 valence electrons. The lowest BCUT2D eigenvalue weighted by Crippen LogP contribution is -2.13. The van der Waals surface area contributed by atoms with E-state index in [9.17, 15) is 4.79 Å². The molecule has 0 aliphatic heterocycles. The van der Waals surface area contributed by atoms with E-state index in [0.717, 1.165) is 32.3 Å². The van der Waals surface area contributed by atoms with Gasteiger partial charge in [-0.15, -0.1) is 11.3 Å². The fourth-order valence-corrected chi connectivity index (χ4v) is 3.54. The third-order valence-corrected chi connectivity index (χ3v) is 4.79. The van der Waals surface area contributed by atoms with Gasteiger partial charge in [0.15, 0.2) is 0 Å².